The molecule has 0 N–H and O–H groups in total. The van der Waals surface area contributed by atoms with Crippen molar-refractivity contribution >= 4 is 11.3 Å². The van der Waals surface area contributed by atoms with Gasteiger partial charge in [-0.1, -0.05) is 6.92 Å². The predicted octanol–water partition coefficient (Wildman–Crippen LogP) is 4.11. The quantitative estimate of drug-likeness (QED) is 0.836. The average Bonchev–Trinajstić information content (AvgIpc) is 2.84. The highest BCUT2D eigenvalue weighted by molar-refractivity contribution is 7.10. The second-order valence-corrected chi connectivity index (χ2v) is 4.68. The van der Waals surface area contributed by atoms with Crippen LogP contribution in [0.4, 0.5) is 8.78 Å². The van der Waals surface area contributed by atoms with Crippen LogP contribution < -0.4 is 0 Å². The van der Waals surface area contributed by atoms with Gasteiger partial charge in [-0.15, -0.1) is 11.3 Å². The average molecular weight is 264 g/mol. The minimum atomic E-state index is -0.894. The van der Waals surface area contributed by atoms with E-state index in [1.54, 1.807) is 5.38 Å². The smallest absolute Gasteiger partial charge is 0.159 e. The van der Waals surface area contributed by atoms with Crippen LogP contribution in [0.25, 0.3) is 11.3 Å². The van der Waals surface area contributed by atoms with E-state index in [2.05, 4.69) is 11.1 Å². The molecule has 2 nitrogen and oxygen atoms in total. The van der Waals surface area contributed by atoms with Gasteiger partial charge in [0.2, 0.25) is 0 Å². The summed E-state index contributed by atoms with van der Waals surface area (Å²) in [7, 11) is 0. The Morgan fingerprint density at radius 2 is 2.17 bits per heavy atom. The van der Waals surface area contributed by atoms with Gasteiger partial charge in [0.05, 0.1) is 17.7 Å². The zero-order valence-corrected chi connectivity index (χ0v) is 10.5. The van der Waals surface area contributed by atoms with Gasteiger partial charge in [-0.25, -0.2) is 13.8 Å². The summed E-state index contributed by atoms with van der Waals surface area (Å²) in [6.07, 6.45) is 0.682. The van der Waals surface area contributed by atoms with Gasteiger partial charge in [0.25, 0.3) is 0 Å². The summed E-state index contributed by atoms with van der Waals surface area (Å²) in [4.78, 5) is 4.30. The lowest BCUT2D eigenvalue weighted by Gasteiger charge is -2.00. The second kappa shape index (κ2) is 5.23. The summed E-state index contributed by atoms with van der Waals surface area (Å²) in [6.45, 7) is 1.91. The van der Waals surface area contributed by atoms with Gasteiger partial charge in [0, 0.05) is 10.9 Å². The van der Waals surface area contributed by atoms with E-state index in [4.69, 9.17) is 5.26 Å². The van der Waals surface area contributed by atoms with E-state index < -0.39 is 11.6 Å². The van der Waals surface area contributed by atoms with E-state index in [1.165, 1.54) is 17.4 Å². The summed E-state index contributed by atoms with van der Waals surface area (Å²) in [5, 5.41) is 11.4. The molecule has 18 heavy (non-hydrogen) atoms. The van der Waals surface area contributed by atoms with E-state index >= 15 is 0 Å². The minimum absolute atomic E-state index is 0.242. The maximum atomic E-state index is 13.1. The van der Waals surface area contributed by atoms with Crippen LogP contribution in [0.2, 0.25) is 0 Å². The van der Waals surface area contributed by atoms with E-state index in [-0.39, 0.29) is 5.92 Å². The molecule has 92 valence electrons. The first-order valence-corrected chi connectivity index (χ1v) is 6.34. The molecule has 0 radical (unpaired) electrons. The second-order valence-electron chi connectivity index (χ2n) is 3.79. The summed E-state index contributed by atoms with van der Waals surface area (Å²) < 4.78 is 25.9. The Labute approximate surface area is 108 Å². The van der Waals surface area contributed by atoms with Crippen LogP contribution in [0.5, 0.6) is 0 Å². The molecule has 1 unspecified atom stereocenters. The number of hydrogen-bond donors (Lipinski definition) is 0. The number of rotatable bonds is 3. The predicted molar refractivity (Wildman–Crippen MR) is 66.1 cm³/mol. The molecule has 0 saturated heterocycles. The molecule has 5 heteroatoms. The van der Waals surface area contributed by atoms with Gasteiger partial charge in [0.15, 0.2) is 11.6 Å². The van der Waals surface area contributed by atoms with Crippen molar-refractivity contribution in [3.63, 3.8) is 0 Å². The highest BCUT2D eigenvalue weighted by Gasteiger charge is 2.14. The van der Waals surface area contributed by atoms with Crippen LogP contribution in [0.1, 0.15) is 24.3 Å². The van der Waals surface area contributed by atoms with E-state index in [0.717, 1.165) is 12.1 Å². The van der Waals surface area contributed by atoms with Gasteiger partial charge in [-0.3, -0.25) is 0 Å². The topological polar surface area (TPSA) is 36.7 Å². The third-order valence-electron chi connectivity index (χ3n) is 2.60. The normalized spacial score (nSPS) is 12.1. The molecule has 1 heterocycles. The molecule has 2 aromatic rings. The molecule has 0 spiro atoms. The molecule has 0 aliphatic carbocycles. The first-order chi connectivity index (χ1) is 8.65. The summed E-state index contributed by atoms with van der Waals surface area (Å²) in [6, 6.07) is 5.83. The first kappa shape index (κ1) is 12.7. The van der Waals surface area contributed by atoms with Crippen molar-refractivity contribution in [2.45, 2.75) is 19.3 Å². The fourth-order valence-corrected chi connectivity index (χ4v) is 2.51. The van der Waals surface area contributed by atoms with Crippen LogP contribution in [0.15, 0.2) is 23.6 Å². The van der Waals surface area contributed by atoms with E-state index in [1.807, 2.05) is 6.92 Å². The van der Waals surface area contributed by atoms with Crippen molar-refractivity contribution in [1.29, 1.82) is 5.26 Å². The van der Waals surface area contributed by atoms with E-state index in [0.29, 0.717) is 22.7 Å². The molecule has 2 rings (SSSR count). The minimum Gasteiger partial charge on any atom is -0.240 e. The number of aromatic nitrogens is 1. The van der Waals surface area contributed by atoms with Crippen molar-refractivity contribution in [3.8, 4) is 17.3 Å². The van der Waals surface area contributed by atoms with Gasteiger partial charge in [-0.2, -0.15) is 5.26 Å². The van der Waals surface area contributed by atoms with Gasteiger partial charge < -0.3 is 0 Å². The third kappa shape index (κ3) is 2.39. The molecule has 0 aliphatic heterocycles. The largest absolute Gasteiger partial charge is 0.240 e. The molecule has 0 amide bonds. The number of nitriles is 1. The van der Waals surface area contributed by atoms with Crippen LogP contribution >= 0.6 is 11.3 Å². The molecule has 0 fully saturated rings. The Bertz CT molecular complexity index is 601. The third-order valence-corrected chi connectivity index (χ3v) is 3.56. The molecule has 1 atom stereocenters. The zero-order valence-electron chi connectivity index (χ0n) is 9.65. The fourth-order valence-electron chi connectivity index (χ4n) is 1.56. The number of thiazole rings is 1. The van der Waals surface area contributed by atoms with Crippen molar-refractivity contribution in [2.24, 2.45) is 0 Å². The highest BCUT2D eigenvalue weighted by Crippen LogP contribution is 2.28. The summed E-state index contributed by atoms with van der Waals surface area (Å²) in [5.74, 6) is -2.01. The van der Waals surface area contributed by atoms with Crippen LogP contribution in [0, 0.1) is 23.0 Å². The maximum Gasteiger partial charge on any atom is 0.159 e. The standard InChI is InChI=1S/C13H10F2N2S/c1-2-8(6-16)13-17-12(7-18-13)9-3-4-10(14)11(15)5-9/h3-5,7-8H,2H2,1H3. The van der Waals surface area contributed by atoms with Gasteiger partial charge >= 0.3 is 0 Å². The van der Waals surface area contributed by atoms with Crippen LogP contribution in [-0.2, 0) is 0 Å². The van der Waals surface area contributed by atoms with Crippen LogP contribution in [-0.4, -0.2) is 4.98 Å². The number of hydrogen-bond acceptors (Lipinski definition) is 3. The SMILES string of the molecule is CCC(C#N)c1nc(-c2ccc(F)c(F)c2)cs1. The number of benzene rings is 1. The zero-order chi connectivity index (χ0) is 13.1. The monoisotopic (exact) mass is 264 g/mol. The molecule has 1 aromatic heterocycles. The van der Waals surface area contributed by atoms with Gasteiger partial charge in [-0.05, 0) is 24.6 Å². The molecular formula is C13H10F2N2S. The molecule has 0 aliphatic rings. The molecule has 1 aromatic carbocycles. The summed E-state index contributed by atoms with van der Waals surface area (Å²) in [5.41, 5.74) is 1.09. The lowest BCUT2D eigenvalue weighted by atomic mass is 10.1. The summed E-state index contributed by atoms with van der Waals surface area (Å²) >= 11 is 1.36. The Kier molecular flexibility index (Phi) is 3.68. The number of nitrogens with zero attached hydrogens (tertiary/aromatic N) is 2. The Morgan fingerprint density at radius 1 is 1.39 bits per heavy atom. The van der Waals surface area contributed by atoms with Gasteiger partial charge in [0.1, 0.15) is 5.01 Å². The first-order valence-electron chi connectivity index (χ1n) is 5.46. The lowest BCUT2D eigenvalue weighted by molar-refractivity contribution is 0.509. The molecule has 0 saturated carbocycles. The Morgan fingerprint density at radius 3 is 2.78 bits per heavy atom. The molecule has 0 bridgehead atoms. The molecular weight excluding hydrogens is 254 g/mol. The van der Waals surface area contributed by atoms with Crippen LogP contribution in [0.3, 0.4) is 0 Å². The van der Waals surface area contributed by atoms with Crippen molar-refractivity contribution in [1.82, 2.24) is 4.98 Å². The Balaban J connectivity index is 2.35. The maximum absolute atomic E-state index is 13.1. The van der Waals surface area contributed by atoms with Crippen molar-refractivity contribution in [3.05, 3.63) is 40.2 Å². The Hall–Kier alpha value is -1.80. The highest BCUT2D eigenvalue weighted by atomic mass is 32.1. The number of halogens is 2. The van der Waals surface area contributed by atoms with Crippen molar-refractivity contribution in [2.75, 3.05) is 0 Å². The van der Waals surface area contributed by atoms with E-state index in [9.17, 15) is 8.78 Å². The lowest BCUT2D eigenvalue weighted by Crippen LogP contribution is -1.92. The van der Waals surface area contributed by atoms with Crippen molar-refractivity contribution < 1.29 is 8.78 Å². The fraction of sp³-hybridized carbons (Fsp3) is 0.231.